The molecule has 4 nitrogen and oxygen atoms in total. The van der Waals surface area contributed by atoms with Gasteiger partial charge >= 0.3 is 0 Å². The van der Waals surface area contributed by atoms with Crippen LogP contribution in [0.4, 0.5) is 10.7 Å². The van der Waals surface area contributed by atoms with E-state index in [1.165, 1.54) is 16.9 Å². The molecule has 0 unspecified atom stereocenters. The fourth-order valence-corrected chi connectivity index (χ4v) is 2.94. The van der Waals surface area contributed by atoms with Crippen LogP contribution in [0.1, 0.15) is 22.2 Å². The number of nitrogens with one attached hydrogen (secondary N) is 2. The Balaban J connectivity index is 1.90. The van der Waals surface area contributed by atoms with Crippen molar-refractivity contribution in [2.45, 2.75) is 13.3 Å². The Hall–Kier alpha value is -1.72. The van der Waals surface area contributed by atoms with Gasteiger partial charge in [0.25, 0.3) is 5.91 Å². The number of carbonyl (C=O) groups is 1. The molecule has 0 spiro atoms. The summed E-state index contributed by atoms with van der Waals surface area (Å²) in [7, 11) is 0. The summed E-state index contributed by atoms with van der Waals surface area (Å²) in [5.41, 5.74) is 7.59. The first-order valence-corrected chi connectivity index (χ1v) is 7.95. The lowest BCUT2D eigenvalue weighted by molar-refractivity contribution is 0.0960. The summed E-state index contributed by atoms with van der Waals surface area (Å²) in [6.07, 6.45) is 0.880. The van der Waals surface area contributed by atoms with Gasteiger partial charge in [-0.2, -0.15) is 0 Å². The highest BCUT2D eigenvalue weighted by atomic mass is 35.5. The van der Waals surface area contributed by atoms with Crippen LogP contribution in [0, 0.1) is 0 Å². The standard InChI is InChI=1S/C15H18ClN3OS/c1-2-18-15(20)14-12(17)9-13(21-14)19-8-7-10-3-5-11(16)6-4-10/h3-6,9,19H,2,7-8,17H2,1H3,(H,18,20). The average molecular weight is 324 g/mol. The van der Waals surface area contributed by atoms with E-state index in [0.717, 1.165) is 23.0 Å². The van der Waals surface area contributed by atoms with Gasteiger partial charge in [0.05, 0.1) is 10.7 Å². The number of hydrogen-bond acceptors (Lipinski definition) is 4. The lowest BCUT2D eigenvalue weighted by Crippen LogP contribution is -2.22. The highest BCUT2D eigenvalue weighted by molar-refractivity contribution is 7.18. The molecule has 0 radical (unpaired) electrons. The summed E-state index contributed by atoms with van der Waals surface area (Å²) in [6, 6.07) is 9.58. The van der Waals surface area contributed by atoms with Crippen molar-refractivity contribution in [1.82, 2.24) is 5.32 Å². The van der Waals surface area contributed by atoms with Crippen molar-refractivity contribution in [2.24, 2.45) is 0 Å². The monoisotopic (exact) mass is 323 g/mol. The molecule has 6 heteroatoms. The van der Waals surface area contributed by atoms with Crippen LogP contribution in [0.5, 0.6) is 0 Å². The maximum absolute atomic E-state index is 11.8. The van der Waals surface area contributed by atoms with Crippen molar-refractivity contribution in [3.05, 3.63) is 45.8 Å². The number of benzene rings is 1. The van der Waals surface area contributed by atoms with Crippen LogP contribution in [-0.4, -0.2) is 19.0 Å². The molecule has 1 aromatic heterocycles. The predicted octanol–water partition coefficient (Wildman–Crippen LogP) is 3.39. The van der Waals surface area contributed by atoms with Gasteiger partial charge in [-0.05, 0) is 37.1 Å². The van der Waals surface area contributed by atoms with E-state index < -0.39 is 0 Å². The number of amides is 1. The fraction of sp³-hybridized carbons (Fsp3) is 0.267. The summed E-state index contributed by atoms with van der Waals surface area (Å²) >= 11 is 7.23. The Labute approximate surface area is 133 Å². The molecule has 4 N–H and O–H groups in total. The number of carbonyl (C=O) groups excluding carboxylic acids is 1. The number of nitrogen functional groups attached to an aromatic ring is 1. The molecule has 2 rings (SSSR count). The first-order valence-electron chi connectivity index (χ1n) is 6.76. The number of thiophene rings is 1. The van der Waals surface area contributed by atoms with Gasteiger partial charge in [0.15, 0.2) is 0 Å². The molecule has 0 atom stereocenters. The second kappa shape index (κ2) is 7.33. The largest absolute Gasteiger partial charge is 0.397 e. The number of anilines is 2. The van der Waals surface area contributed by atoms with Crippen LogP contribution in [0.25, 0.3) is 0 Å². The van der Waals surface area contributed by atoms with Crippen LogP contribution in [0.3, 0.4) is 0 Å². The molecule has 0 aliphatic carbocycles. The molecule has 1 aromatic carbocycles. The van der Waals surface area contributed by atoms with E-state index in [-0.39, 0.29) is 5.91 Å². The maximum atomic E-state index is 11.8. The van der Waals surface area contributed by atoms with Crippen molar-refractivity contribution in [2.75, 3.05) is 24.1 Å². The molecule has 2 aromatic rings. The SMILES string of the molecule is CCNC(=O)c1sc(NCCc2ccc(Cl)cc2)cc1N. The smallest absolute Gasteiger partial charge is 0.263 e. The van der Waals surface area contributed by atoms with Crippen molar-refractivity contribution < 1.29 is 4.79 Å². The summed E-state index contributed by atoms with van der Waals surface area (Å²) < 4.78 is 0. The van der Waals surface area contributed by atoms with E-state index in [4.69, 9.17) is 17.3 Å². The van der Waals surface area contributed by atoms with Crippen molar-refractivity contribution in [1.29, 1.82) is 0 Å². The summed E-state index contributed by atoms with van der Waals surface area (Å²) in [6.45, 7) is 3.25. The molecule has 1 amide bonds. The number of nitrogens with two attached hydrogens (primary N) is 1. The minimum Gasteiger partial charge on any atom is -0.397 e. The minimum atomic E-state index is -0.120. The predicted molar refractivity (Wildman–Crippen MR) is 90.4 cm³/mol. The third kappa shape index (κ3) is 4.37. The second-order valence-electron chi connectivity index (χ2n) is 4.56. The van der Waals surface area contributed by atoms with E-state index in [2.05, 4.69) is 10.6 Å². The zero-order chi connectivity index (χ0) is 15.2. The molecule has 21 heavy (non-hydrogen) atoms. The van der Waals surface area contributed by atoms with E-state index in [1.807, 2.05) is 31.2 Å². The zero-order valence-electron chi connectivity index (χ0n) is 11.8. The molecule has 1 heterocycles. The van der Waals surface area contributed by atoms with E-state index in [9.17, 15) is 4.79 Å². The highest BCUT2D eigenvalue weighted by Crippen LogP contribution is 2.29. The molecule has 112 valence electrons. The lowest BCUT2D eigenvalue weighted by Gasteiger charge is -2.04. The molecule has 0 saturated carbocycles. The van der Waals surface area contributed by atoms with E-state index >= 15 is 0 Å². The maximum Gasteiger partial charge on any atom is 0.263 e. The first-order chi connectivity index (χ1) is 10.1. The van der Waals surface area contributed by atoms with Gasteiger partial charge in [-0.15, -0.1) is 11.3 Å². The molecular weight excluding hydrogens is 306 g/mol. The first kappa shape index (κ1) is 15.7. The van der Waals surface area contributed by atoms with Crippen LogP contribution in [-0.2, 0) is 6.42 Å². The summed E-state index contributed by atoms with van der Waals surface area (Å²) in [5, 5.41) is 7.69. The van der Waals surface area contributed by atoms with Gasteiger partial charge in [0.1, 0.15) is 4.88 Å². The fourth-order valence-electron chi connectivity index (χ4n) is 1.89. The van der Waals surface area contributed by atoms with Crippen LogP contribution >= 0.6 is 22.9 Å². The molecule has 0 fully saturated rings. The topological polar surface area (TPSA) is 67.2 Å². The van der Waals surface area contributed by atoms with Crippen molar-refractivity contribution in [3.8, 4) is 0 Å². The van der Waals surface area contributed by atoms with Crippen molar-refractivity contribution >= 4 is 39.5 Å². The summed E-state index contributed by atoms with van der Waals surface area (Å²) in [4.78, 5) is 12.3. The number of rotatable bonds is 6. The molecule has 0 aliphatic rings. The molecular formula is C15H18ClN3OS. The van der Waals surface area contributed by atoms with E-state index in [1.54, 1.807) is 6.07 Å². The van der Waals surface area contributed by atoms with Crippen LogP contribution in [0.15, 0.2) is 30.3 Å². The third-order valence-electron chi connectivity index (χ3n) is 2.93. The number of halogens is 1. The quantitative estimate of drug-likeness (QED) is 0.763. The Morgan fingerprint density at radius 3 is 2.71 bits per heavy atom. The van der Waals surface area contributed by atoms with Gasteiger partial charge in [-0.25, -0.2) is 0 Å². The lowest BCUT2D eigenvalue weighted by atomic mass is 10.1. The Morgan fingerprint density at radius 2 is 2.05 bits per heavy atom. The summed E-state index contributed by atoms with van der Waals surface area (Å²) in [5.74, 6) is -0.120. The Kier molecular flexibility index (Phi) is 5.47. The normalized spacial score (nSPS) is 10.4. The van der Waals surface area contributed by atoms with Gasteiger partial charge < -0.3 is 16.4 Å². The minimum absolute atomic E-state index is 0.120. The number of hydrogen-bond donors (Lipinski definition) is 3. The average Bonchev–Trinajstić information content (AvgIpc) is 2.82. The Bertz CT molecular complexity index is 610. The van der Waals surface area contributed by atoms with Crippen molar-refractivity contribution in [3.63, 3.8) is 0 Å². The third-order valence-corrected chi connectivity index (χ3v) is 4.29. The second-order valence-corrected chi connectivity index (χ2v) is 6.05. The van der Waals surface area contributed by atoms with Crippen LogP contribution < -0.4 is 16.4 Å². The van der Waals surface area contributed by atoms with Crippen LogP contribution in [0.2, 0.25) is 5.02 Å². The van der Waals surface area contributed by atoms with Gasteiger partial charge in [0.2, 0.25) is 0 Å². The molecule has 0 aliphatic heterocycles. The molecule has 0 bridgehead atoms. The Morgan fingerprint density at radius 1 is 1.33 bits per heavy atom. The molecule has 0 saturated heterocycles. The van der Waals surface area contributed by atoms with Gasteiger partial charge in [0, 0.05) is 18.1 Å². The van der Waals surface area contributed by atoms with Gasteiger partial charge in [-0.3, -0.25) is 4.79 Å². The van der Waals surface area contributed by atoms with E-state index in [0.29, 0.717) is 17.1 Å². The zero-order valence-corrected chi connectivity index (χ0v) is 13.4. The van der Waals surface area contributed by atoms with Gasteiger partial charge in [-0.1, -0.05) is 23.7 Å². The highest BCUT2D eigenvalue weighted by Gasteiger charge is 2.13.